The van der Waals surface area contributed by atoms with E-state index >= 15 is 0 Å². The molecule has 6 nitrogen and oxygen atoms in total. The first kappa shape index (κ1) is 19.1. The standard InChI is InChI=1S/C21H27N3O3/c1-13(2)20(25)23-16-6-5-9-24(12-16)21(26)18-10-15-7-8-17(27-4)11-19(15)22-14(18)3/h7-8,10-11,13,16H,5-6,9,12H2,1-4H3,(H,23,25)/t16-/m1/s1. The van der Waals surface area contributed by atoms with Crippen molar-refractivity contribution in [3.05, 3.63) is 35.5 Å². The van der Waals surface area contributed by atoms with Crippen LogP contribution in [0.15, 0.2) is 24.3 Å². The normalized spacial score (nSPS) is 17.2. The second kappa shape index (κ2) is 7.94. The summed E-state index contributed by atoms with van der Waals surface area (Å²) in [5, 5.41) is 3.96. The number of ether oxygens (including phenoxy) is 1. The van der Waals surface area contributed by atoms with Gasteiger partial charge in [0, 0.05) is 36.5 Å². The molecular formula is C21H27N3O3. The number of nitrogens with one attached hydrogen (secondary N) is 1. The number of nitrogens with zero attached hydrogens (tertiary/aromatic N) is 2. The molecule has 27 heavy (non-hydrogen) atoms. The van der Waals surface area contributed by atoms with Crippen molar-refractivity contribution in [3.8, 4) is 5.75 Å². The summed E-state index contributed by atoms with van der Waals surface area (Å²) in [6.07, 6.45) is 1.78. The van der Waals surface area contributed by atoms with Crippen LogP contribution < -0.4 is 10.1 Å². The number of fused-ring (bicyclic) bond motifs is 1. The largest absolute Gasteiger partial charge is 0.497 e. The molecule has 2 amide bonds. The maximum Gasteiger partial charge on any atom is 0.255 e. The summed E-state index contributed by atoms with van der Waals surface area (Å²) in [5.41, 5.74) is 2.13. The molecule has 3 rings (SSSR count). The number of carbonyl (C=O) groups excluding carboxylic acids is 2. The number of carbonyl (C=O) groups is 2. The van der Waals surface area contributed by atoms with E-state index in [0.29, 0.717) is 24.3 Å². The summed E-state index contributed by atoms with van der Waals surface area (Å²) in [6.45, 7) is 6.85. The van der Waals surface area contributed by atoms with Crippen LogP contribution in [0.1, 0.15) is 42.7 Å². The van der Waals surface area contributed by atoms with E-state index < -0.39 is 0 Å². The van der Waals surface area contributed by atoms with Crippen LogP contribution in [0.25, 0.3) is 10.9 Å². The number of methoxy groups -OCH3 is 1. The predicted octanol–water partition coefficient (Wildman–Crippen LogP) is 2.93. The lowest BCUT2D eigenvalue weighted by Crippen LogP contribution is -2.50. The van der Waals surface area contributed by atoms with Gasteiger partial charge < -0.3 is 15.0 Å². The number of rotatable bonds is 4. The Morgan fingerprint density at radius 1 is 1.30 bits per heavy atom. The average molecular weight is 369 g/mol. The number of piperidine rings is 1. The highest BCUT2D eigenvalue weighted by Crippen LogP contribution is 2.23. The van der Waals surface area contributed by atoms with Gasteiger partial charge in [0.05, 0.1) is 23.9 Å². The molecule has 0 unspecified atom stereocenters. The summed E-state index contributed by atoms with van der Waals surface area (Å²) in [7, 11) is 1.62. The summed E-state index contributed by atoms with van der Waals surface area (Å²) in [4.78, 5) is 31.5. The average Bonchev–Trinajstić information content (AvgIpc) is 2.66. The van der Waals surface area contributed by atoms with Gasteiger partial charge in [0.25, 0.3) is 5.91 Å². The van der Waals surface area contributed by atoms with Gasteiger partial charge in [0.15, 0.2) is 0 Å². The SMILES string of the molecule is COc1ccc2cc(C(=O)N3CCC[C@@H](NC(=O)C(C)C)C3)c(C)nc2c1. The fourth-order valence-corrected chi connectivity index (χ4v) is 3.40. The van der Waals surface area contributed by atoms with Crippen LogP contribution >= 0.6 is 0 Å². The monoisotopic (exact) mass is 369 g/mol. The Balaban J connectivity index is 1.80. The smallest absolute Gasteiger partial charge is 0.255 e. The molecule has 0 spiro atoms. The zero-order valence-electron chi connectivity index (χ0n) is 16.4. The van der Waals surface area contributed by atoms with Gasteiger partial charge in [-0.15, -0.1) is 0 Å². The summed E-state index contributed by atoms with van der Waals surface area (Å²) in [5.74, 6) is 0.696. The van der Waals surface area contributed by atoms with E-state index in [4.69, 9.17) is 4.74 Å². The molecule has 6 heteroatoms. The van der Waals surface area contributed by atoms with E-state index in [-0.39, 0.29) is 23.8 Å². The van der Waals surface area contributed by atoms with Crippen LogP contribution in [0.4, 0.5) is 0 Å². The second-order valence-corrected chi connectivity index (χ2v) is 7.43. The van der Waals surface area contributed by atoms with Gasteiger partial charge in [0.2, 0.25) is 5.91 Å². The zero-order valence-corrected chi connectivity index (χ0v) is 16.4. The van der Waals surface area contributed by atoms with Gasteiger partial charge in [-0.25, -0.2) is 0 Å². The van der Waals surface area contributed by atoms with Crippen molar-refractivity contribution in [2.24, 2.45) is 5.92 Å². The number of pyridine rings is 1. The first-order valence-electron chi connectivity index (χ1n) is 9.44. The minimum absolute atomic E-state index is 0.00980. The van der Waals surface area contributed by atoms with Crippen molar-refractivity contribution < 1.29 is 14.3 Å². The summed E-state index contributed by atoms with van der Waals surface area (Å²) in [6, 6.07) is 7.56. The molecule has 1 aromatic carbocycles. The van der Waals surface area contributed by atoms with Crippen LogP contribution in [0, 0.1) is 12.8 Å². The maximum atomic E-state index is 13.1. The maximum absolute atomic E-state index is 13.1. The number of hydrogen-bond donors (Lipinski definition) is 1. The Morgan fingerprint density at radius 2 is 2.07 bits per heavy atom. The Labute approximate surface area is 159 Å². The van der Waals surface area contributed by atoms with Crippen LogP contribution in [0.3, 0.4) is 0 Å². The van der Waals surface area contributed by atoms with Crippen molar-refractivity contribution in [3.63, 3.8) is 0 Å². The van der Waals surface area contributed by atoms with Crippen molar-refractivity contribution in [2.45, 2.75) is 39.7 Å². The molecular weight excluding hydrogens is 342 g/mol. The number of likely N-dealkylation sites (tertiary alicyclic amines) is 1. The number of benzene rings is 1. The van der Waals surface area contributed by atoms with E-state index in [1.54, 1.807) is 7.11 Å². The quantitative estimate of drug-likeness (QED) is 0.899. The zero-order chi connectivity index (χ0) is 19.6. The van der Waals surface area contributed by atoms with Crippen LogP contribution in [-0.2, 0) is 4.79 Å². The highest BCUT2D eigenvalue weighted by atomic mass is 16.5. The molecule has 0 aliphatic carbocycles. The minimum Gasteiger partial charge on any atom is -0.497 e. The van der Waals surface area contributed by atoms with Gasteiger partial charge in [-0.05, 0) is 38.0 Å². The number of amides is 2. The molecule has 0 bridgehead atoms. The van der Waals surface area contributed by atoms with E-state index in [0.717, 1.165) is 29.5 Å². The van der Waals surface area contributed by atoms with Gasteiger partial charge in [-0.2, -0.15) is 0 Å². The summed E-state index contributed by atoms with van der Waals surface area (Å²) < 4.78 is 5.25. The van der Waals surface area contributed by atoms with E-state index in [1.807, 2.05) is 49.9 Å². The molecule has 1 fully saturated rings. The first-order valence-corrected chi connectivity index (χ1v) is 9.44. The Bertz CT molecular complexity index is 863. The fourth-order valence-electron chi connectivity index (χ4n) is 3.40. The molecule has 0 saturated carbocycles. The van der Waals surface area contributed by atoms with Crippen LogP contribution in [0.2, 0.25) is 0 Å². The number of aryl methyl sites for hydroxylation is 1. The summed E-state index contributed by atoms with van der Waals surface area (Å²) >= 11 is 0. The van der Waals surface area contributed by atoms with Crippen molar-refractivity contribution in [1.82, 2.24) is 15.2 Å². The Morgan fingerprint density at radius 3 is 2.78 bits per heavy atom. The molecule has 144 valence electrons. The highest BCUT2D eigenvalue weighted by Gasteiger charge is 2.27. The van der Waals surface area contributed by atoms with Crippen LogP contribution in [0.5, 0.6) is 5.75 Å². The van der Waals surface area contributed by atoms with E-state index in [1.165, 1.54) is 0 Å². The topological polar surface area (TPSA) is 71.5 Å². The first-order chi connectivity index (χ1) is 12.9. The van der Waals surface area contributed by atoms with Crippen molar-refractivity contribution >= 4 is 22.7 Å². The van der Waals surface area contributed by atoms with E-state index in [9.17, 15) is 9.59 Å². The third-order valence-electron chi connectivity index (χ3n) is 5.03. The molecule has 0 radical (unpaired) electrons. The lowest BCUT2D eigenvalue weighted by Gasteiger charge is -2.33. The van der Waals surface area contributed by atoms with Crippen molar-refractivity contribution in [1.29, 1.82) is 0 Å². The lowest BCUT2D eigenvalue weighted by molar-refractivity contribution is -0.125. The number of hydrogen-bond acceptors (Lipinski definition) is 4. The molecule has 1 atom stereocenters. The Hall–Kier alpha value is -2.63. The van der Waals surface area contributed by atoms with Gasteiger partial charge >= 0.3 is 0 Å². The molecule has 2 heterocycles. The molecule has 1 saturated heterocycles. The molecule has 1 aromatic heterocycles. The highest BCUT2D eigenvalue weighted by molar-refractivity contribution is 5.99. The van der Waals surface area contributed by atoms with Crippen LogP contribution in [-0.4, -0.2) is 47.9 Å². The number of aromatic nitrogens is 1. The molecule has 2 aromatic rings. The molecule has 1 N–H and O–H groups in total. The predicted molar refractivity (Wildman–Crippen MR) is 105 cm³/mol. The third-order valence-corrected chi connectivity index (χ3v) is 5.03. The molecule has 1 aliphatic rings. The second-order valence-electron chi connectivity index (χ2n) is 7.43. The van der Waals surface area contributed by atoms with E-state index in [2.05, 4.69) is 10.3 Å². The minimum atomic E-state index is -0.0556. The van der Waals surface area contributed by atoms with Crippen molar-refractivity contribution in [2.75, 3.05) is 20.2 Å². The van der Waals surface area contributed by atoms with Gasteiger partial charge in [-0.3, -0.25) is 14.6 Å². The van der Waals surface area contributed by atoms with Gasteiger partial charge in [-0.1, -0.05) is 13.8 Å². The fraction of sp³-hybridized carbons (Fsp3) is 0.476. The van der Waals surface area contributed by atoms with Gasteiger partial charge in [0.1, 0.15) is 5.75 Å². The lowest BCUT2D eigenvalue weighted by atomic mass is 10.0. The molecule has 1 aliphatic heterocycles. The Kier molecular flexibility index (Phi) is 5.63. The third kappa shape index (κ3) is 4.21.